The van der Waals surface area contributed by atoms with Crippen LogP contribution in [0.1, 0.15) is 56.2 Å². The Morgan fingerprint density at radius 3 is 2.31 bits per heavy atom. The van der Waals surface area contributed by atoms with E-state index in [1.807, 2.05) is 29.8 Å². The van der Waals surface area contributed by atoms with Gasteiger partial charge in [0.1, 0.15) is 5.82 Å². The fourth-order valence-electron chi connectivity index (χ4n) is 5.19. The largest absolute Gasteiger partial charge is 0.290 e. The van der Waals surface area contributed by atoms with Gasteiger partial charge < -0.3 is 0 Å². The molecule has 0 aliphatic rings. The number of aryl methyl sites for hydroxylation is 1. The summed E-state index contributed by atoms with van der Waals surface area (Å²) in [6, 6.07) is 22.1. The van der Waals surface area contributed by atoms with Crippen LogP contribution in [0.2, 0.25) is 0 Å². The SMILES string of the molecule is Cc1ccc2sc3c(-c4nc5ccncc5n4-c4c(C(C)C)cccc4C(C)C)cccc3c2c1. The monoisotopic (exact) mass is 475 g/mol. The van der Waals surface area contributed by atoms with Crippen molar-refractivity contribution in [1.82, 2.24) is 14.5 Å². The Kier molecular flexibility index (Phi) is 5.23. The summed E-state index contributed by atoms with van der Waals surface area (Å²) < 4.78 is 4.97. The highest BCUT2D eigenvalue weighted by Gasteiger charge is 2.23. The normalized spacial score (nSPS) is 12.1. The maximum Gasteiger partial charge on any atom is 0.147 e. The lowest BCUT2D eigenvalue weighted by Crippen LogP contribution is -2.08. The minimum atomic E-state index is 0.383. The quantitative estimate of drug-likeness (QED) is 0.255. The van der Waals surface area contributed by atoms with E-state index in [0.717, 1.165) is 16.9 Å². The molecule has 4 heteroatoms. The van der Waals surface area contributed by atoms with Crippen molar-refractivity contribution in [2.45, 2.75) is 46.5 Å². The lowest BCUT2D eigenvalue weighted by molar-refractivity contribution is 0.811. The molecule has 0 amide bonds. The first-order valence-electron chi connectivity index (χ1n) is 12.3. The summed E-state index contributed by atoms with van der Waals surface area (Å²) in [5.74, 6) is 1.75. The average Bonchev–Trinajstić information content (AvgIpc) is 3.41. The maximum absolute atomic E-state index is 5.23. The summed E-state index contributed by atoms with van der Waals surface area (Å²) in [6.45, 7) is 11.3. The molecule has 0 aliphatic heterocycles. The summed E-state index contributed by atoms with van der Waals surface area (Å²) in [5, 5.41) is 2.62. The molecule has 0 saturated heterocycles. The van der Waals surface area contributed by atoms with Crippen LogP contribution in [-0.4, -0.2) is 14.5 Å². The Morgan fingerprint density at radius 2 is 1.57 bits per heavy atom. The van der Waals surface area contributed by atoms with Crippen molar-refractivity contribution in [3.05, 3.63) is 89.7 Å². The van der Waals surface area contributed by atoms with Gasteiger partial charge in [-0.15, -0.1) is 11.3 Å². The van der Waals surface area contributed by atoms with E-state index in [0.29, 0.717) is 11.8 Å². The molecule has 0 unspecified atom stereocenters. The predicted molar refractivity (Wildman–Crippen MR) is 150 cm³/mol. The van der Waals surface area contributed by atoms with Crippen LogP contribution in [0.4, 0.5) is 0 Å². The number of hydrogen-bond acceptors (Lipinski definition) is 3. The molecule has 35 heavy (non-hydrogen) atoms. The van der Waals surface area contributed by atoms with Gasteiger partial charge in [0.2, 0.25) is 0 Å². The second kappa shape index (κ2) is 8.31. The van der Waals surface area contributed by atoms with Gasteiger partial charge in [-0.25, -0.2) is 4.98 Å². The summed E-state index contributed by atoms with van der Waals surface area (Å²) in [6.07, 6.45) is 3.80. The molecule has 3 aromatic carbocycles. The number of imidazole rings is 1. The van der Waals surface area contributed by atoms with Crippen LogP contribution < -0.4 is 0 Å². The van der Waals surface area contributed by atoms with E-state index < -0.39 is 0 Å². The number of pyridine rings is 1. The van der Waals surface area contributed by atoms with E-state index in [2.05, 4.69) is 98.8 Å². The van der Waals surface area contributed by atoms with Crippen LogP contribution in [0.15, 0.2) is 73.1 Å². The predicted octanol–water partition coefficient (Wildman–Crippen LogP) is 9.01. The maximum atomic E-state index is 5.23. The Hall–Kier alpha value is -3.50. The van der Waals surface area contributed by atoms with Gasteiger partial charge in [-0.3, -0.25) is 9.55 Å². The molecular formula is C31H29N3S. The summed E-state index contributed by atoms with van der Waals surface area (Å²) >= 11 is 1.86. The van der Waals surface area contributed by atoms with Crippen molar-refractivity contribution in [1.29, 1.82) is 0 Å². The van der Waals surface area contributed by atoms with Gasteiger partial charge >= 0.3 is 0 Å². The highest BCUT2D eigenvalue weighted by Crippen LogP contribution is 2.43. The van der Waals surface area contributed by atoms with E-state index in [4.69, 9.17) is 4.98 Å². The number of thiophene rings is 1. The minimum Gasteiger partial charge on any atom is -0.290 e. The van der Waals surface area contributed by atoms with Crippen LogP contribution in [0.25, 0.3) is 48.3 Å². The third-order valence-electron chi connectivity index (χ3n) is 6.92. The van der Waals surface area contributed by atoms with Gasteiger partial charge in [0.15, 0.2) is 0 Å². The smallest absolute Gasteiger partial charge is 0.147 e. The first kappa shape index (κ1) is 22.0. The molecule has 0 saturated carbocycles. The third kappa shape index (κ3) is 3.47. The zero-order valence-corrected chi connectivity index (χ0v) is 21.6. The number of aromatic nitrogens is 3. The van der Waals surface area contributed by atoms with E-state index in [9.17, 15) is 0 Å². The van der Waals surface area contributed by atoms with Crippen molar-refractivity contribution < 1.29 is 0 Å². The molecule has 6 aromatic rings. The minimum absolute atomic E-state index is 0.383. The van der Waals surface area contributed by atoms with Crippen LogP contribution in [0.3, 0.4) is 0 Å². The number of hydrogen-bond donors (Lipinski definition) is 0. The van der Waals surface area contributed by atoms with Gasteiger partial charge in [-0.05, 0) is 54.2 Å². The molecule has 174 valence electrons. The molecule has 6 rings (SSSR count). The Morgan fingerprint density at radius 1 is 0.829 bits per heavy atom. The van der Waals surface area contributed by atoms with Gasteiger partial charge in [0.25, 0.3) is 0 Å². The summed E-state index contributed by atoms with van der Waals surface area (Å²) in [7, 11) is 0. The molecule has 0 bridgehead atoms. The van der Waals surface area contributed by atoms with Gasteiger partial charge in [0, 0.05) is 31.9 Å². The van der Waals surface area contributed by atoms with Crippen molar-refractivity contribution >= 4 is 42.5 Å². The third-order valence-corrected chi connectivity index (χ3v) is 8.14. The molecule has 0 fully saturated rings. The molecule has 0 radical (unpaired) electrons. The van der Waals surface area contributed by atoms with Crippen molar-refractivity contribution in [2.24, 2.45) is 0 Å². The standard InChI is InChI=1S/C31H29N3S/c1-18(2)21-8-6-9-22(19(3)4)29(21)34-27-17-32-15-14-26(27)33-31(34)24-11-7-10-23-25-16-20(5)12-13-28(25)35-30(23)24/h6-19H,1-5H3. The second-order valence-corrected chi connectivity index (χ2v) is 11.1. The Labute approximate surface area is 210 Å². The van der Waals surface area contributed by atoms with Crippen LogP contribution >= 0.6 is 11.3 Å². The van der Waals surface area contributed by atoms with E-state index >= 15 is 0 Å². The fraction of sp³-hybridized carbons (Fsp3) is 0.226. The summed E-state index contributed by atoms with van der Waals surface area (Å²) in [4.78, 5) is 9.73. The van der Waals surface area contributed by atoms with Gasteiger partial charge in [-0.2, -0.15) is 0 Å². The number of benzene rings is 3. The highest BCUT2D eigenvalue weighted by atomic mass is 32.1. The first-order chi connectivity index (χ1) is 16.9. The number of para-hydroxylation sites is 1. The van der Waals surface area contributed by atoms with Crippen LogP contribution in [0, 0.1) is 6.92 Å². The van der Waals surface area contributed by atoms with Gasteiger partial charge in [0.05, 0.1) is 22.9 Å². The van der Waals surface area contributed by atoms with Crippen molar-refractivity contribution in [3.8, 4) is 17.1 Å². The van der Waals surface area contributed by atoms with Crippen molar-refractivity contribution in [3.63, 3.8) is 0 Å². The molecule has 0 atom stereocenters. The zero-order valence-electron chi connectivity index (χ0n) is 20.8. The molecular weight excluding hydrogens is 446 g/mol. The number of fused-ring (bicyclic) bond motifs is 4. The Bertz CT molecular complexity index is 1690. The summed E-state index contributed by atoms with van der Waals surface area (Å²) in [5.41, 5.74) is 8.39. The van der Waals surface area contributed by atoms with Crippen LogP contribution in [-0.2, 0) is 0 Å². The van der Waals surface area contributed by atoms with Crippen LogP contribution in [0.5, 0.6) is 0 Å². The van der Waals surface area contributed by atoms with E-state index in [-0.39, 0.29) is 0 Å². The lowest BCUT2D eigenvalue weighted by atomic mass is 9.92. The topological polar surface area (TPSA) is 30.7 Å². The second-order valence-electron chi connectivity index (χ2n) is 10.0. The molecule has 0 aliphatic carbocycles. The molecule has 3 aromatic heterocycles. The highest BCUT2D eigenvalue weighted by molar-refractivity contribution is 7.26. The molecule has 3 nitrogen and oxygen atoms in total. The first-order valence-corrected chi connectivity index (χ1v) is 13.1. The number of rotatable bonds is 4. The Balaban J connectivity index is 1.76. The van der Waals surface area contributed by atoms with E-state index in [1.54, 1.807) is 0 Å². The lowest BCUT2D eigenvalue weighted by Gasteiger charge is -2.22. The van der Waals surface area contributed by atoms with E-state index in [1.165, 1.54) is 48.1 Å². The average molecular weight is 476 g/mol. The molecule has 0 N–H and O–H groups in total. The fourth-order valence-corrected chi connectivity index (χ4v) is 6.38. The van der Waals surface area contributed by atoms with Crippen molar-refractivity contribution in [2.75, 3.05) is 0 Å². The van der Waals surface area contributed by atoms with Gasteiger partial charge in [-0.1, -0.05) is 69.7 Å². The molecule has 3 heterocycles. The number of nitrogens with zero attached hydrogens (tertiary/aromatic N) is 3. The molecule has 0 spiro atoms. The zero-order chi connectivity index (χ0) is 24.3.